The normalized spacial score (nSPS) is 15.6. The van der Waals surface area contributed by atoms with Crippen LogP contribution in [0.5, 0.6) is 0 Å². The summed E-state index contributed by atoms with van der Waals surface area (Å²) < 4.78 is 5.68. The van der Waals surface area contributed by atoms with Crippen LogP contribution in [0.15, 0.2) is 39.2 Å². The lowest BCUT2D eigenvalue weighted by molar-refractivity contribution is 0.278. The molecule has 3 aromatic heterocycles. The molecule has 0 atom stereocenters. The highest BCUT2D eigenvalue weighted by atomic mass is 32.2. The zero-order valence-electron chi connectivity index (χ0n) is 11.8. The van der Waals surface area contributed by atoms with Gasteiger partial charge in [-0.05, 0) is 49.8 Å². The second-order valence-corrected chi connectivity index (χ2v) is 6.07. The van der Waals surface area contributed by atoms with Crippen molar-refractivity contribution in [2.24, 2.45) is 0 Å². The van der Waals surface area contributed by atoms with Crippen molar-refractivity contribution in [3.8, 4) is 0 Å². The molecule has 1 aliphatic heterocycles. The van der Waals surface area contributed by atoms with Crippen molar-refractivity contribution in [2.75, 3.05) is 13.1 Å². The highest BCUT2D eigenvalue weighted by Crippen LogP contribution is 2.26. The molecule has 0 saturated carbocycles. The highest BCUT2D eigenvalue weighted by Gasteiger charge is 2.16. The number of rotatable bonds is 4. The molecule has 0 N–H and O–H groups in total. The summed E-state index contributed by atoms with van der Waals surface area (Å²) in [6.45, 7) is 2.94. The maximum absolute atomic E-state index is 5.68. The molecule has 1 fully saturated rings. The number of likely N-dealkylation sites (tertiary alicyclic amines) is 1. The molecule has 0 bridgehead atoms. The van der Waals surface area contributed by atoms with E-state index in [1.165, 1.54) is 24.6 Å². The zero-order chi connectivity index (χ0) is 14.8. The lowest BCUT2D eigenvalue weighted by Crippen LogP contribution is -2.18. The first-order chi connectivity index (χ1) is 10.9. The summed E-state index contributed by atoms with van der Waals surface area (Å²) in [4.78, 5) is 15.2. The summed E-state index contributed by atoms with van der Waals surface area (Å²) in [5.41, 5.74) is 1.39. The molecular weight excluding hydrogens is 300 g/mol. The van der Waals surface area contributed by atoms with E-state index in [4.69, 9.17) is 4.42 Å². The molecule has 112 valence electrons. The molecule has 3 aromatic rings. The maximum Gasteiger partial charge on any atom is 0.282 e. The largest absolute Gasteiger partial charge is 0.414 e. The van der Waals surface area contributed by atoms with Crippen molar-refractivity contribution in [2.45, 2.75) is 29.6 Å². The van der Waals surface area contributed by atoms with Gasteiger partial charge in [0.05, 0.1) is 6.54 Å². The first-order valence-corrected chi connectivity index (χ1v) is 7.99. The van der Waals surface area contributed by atoms with Gasteiger partial charge in [-0.1, -0.05) is 0 Å². The second-order valence-electron chi connectivity index (χ2n) is 5.10. The van der Waals surface area contributed by atoms with Gasteiger partial charge in [-0.2, -0.15) is 0 Å². The molecule has 1 saturated heterocycles. The molecule has 0 radical (unpaired) electrons. The molecule has 0 unspecified atom stereocenters. The standard InChI is InChI=1S/C14H14N6OS/c1-2-8-20(7-1)9-11-18-19-14(21-11)22-12-4-3-10-13(17-12)16-6-5-15-10/h3-6H,1-2,7-9H2. The van der Waals surface area contributed by atoms with Crippen LogP contribution in [0, 0.1) is 0 Å². The monoisotopic (exact) mass is 314 g/mol. The van der Waals surface area contributed by atoms with E-state index >= 15 is 0 Å². The van der Waals surface area contributed by atoms with Crippen LogP contribution in [0.2, 0.25) is 0 Å². The molecule has 1 aliphatic rings. The van der Waals surface area contributed by atoms with Crippen molar-refractivity contribution in [1.82, 2.24) is 30.0 Å². The van der Waals surface area contributed by atoms with Crippen LogP contribution in [0.25, 0.3) is 11.2 Å². The number of hydrogen-bond acceptors (Lipinski definition) is 8. The quantitative estimate of drug-likeness (QED) is 0.724. The maximum atomic E-state index is 5.68. The summed E-state index contributed by atoms with van der Waals surface area (Å²) in [6.07, 6.45) is 5.78. The van der Waals surface area contributed by atoms with Gasteiger partial charge in [0.25, 0.3) is 5.22 Å². The van der Waals surface area contributed by atoms with Crippen molar-refractivity contribution in [3.05, 3.63) is 30.4 Å². The summed E-state index contributed by atoms with van der Waals surface area (Å²) in [5, 5.41) is 9.45. The first kappa shape index (κ1) is 13.6. The molecule has 0 amide bonds. The van der Waals surface area contributed by atoms with E-state index in [1.807, 2.05) is 12.1 Å². The summed E-state index contributed by atoms with van der Waals surface area (Å²) in [7, 11) is 0. The number of nitrogens with zero attached hydrogens (tertiary/aromatic N) is 6. The van der Waals surface area contributed by atoms with Gasteiger partial charge in [0.1, 0.15) is 10.5 Å². The Balaban J connectivity index is 1.48. The van der Waals surface area contributed by atoms with Crippen LogP contribution in [0.3, 0.4) is 0 Å². The fourth-order valence-electron chi connectivity index (χ4n) is 2.46. The van der Waals surface area contributed by atoms with Crippen LogP contribution in [-0.4, -0.2) is 43.1 Å². The summed E-state index contributed by atoms with van der Waals surface area (Å²) in [5.74, 6) is 0.657. The minimum atomic E-state index is 0.505. The van der Waals surface area contributed by atoms with E-state index in [0.29, 0.717) is 16.8 Å². The van der Waals surface area contributed by atoms with Crippen molar-refractivity contribution < 1.29 is 4.42 Å². The average Bonchev–Trinajstić information content (AvgIpc) is 3.20. The summed E-state index contributed by atoms with van der Waals surface area (Å²) in [6, 6.07) is 3.77. The minimum absolute atomic E-state index is 0.505. The predicted molar refractivity (Wildman–Crippen MR) is 80.3 cm³/mol. The Morgan fingerprint density at radius 2 is 1.95 bits per heavy atom. The van der Waals surface area contributed by atoms with Gasteiger partial charge in [-0.15, -0.1) is 10.2 Å². The molecule has 4 heterocycles. The SMILES string of the molecule is c1cnc2nc(Sc3nnc(CN4CCCC4)o3)ccc2n1. The smallest absolute Gasteiger partial charge is 0.282 e. The molecule has 0 aromatic carbocycles. The minimum Gasteiger partial charge on any atom is -0.414 e. The van der Waals surface area contributed by atoms with Crippen molar-refractivity contribution in [3.63, 3.8) is 0 Å². The second kappa shape index (κ2) is 5.98. The molecule has 8 heteroatoms. The topological polar surface area (TPSA) is 80.8 Å². The van der Waals surface area contributed by atoms with Gasteiger partial charge in [0.2, 0.25) is 5.89 Å². The molecule has 22 heavy (non-hydrogen) atoms. The van der Waals surface area contributed by atoms with Gasteiger partial charge in [0.15, 0.2) is 5.65 Å². The molecule has 0 aliphatic carbocycles. The molecular formula is C14H14N6OS. The number of hydrogen-bond donors (Lipinski definition) is 0. The molecule has 4 rings (SSSR count). The van der Waals surface area contributed by atoms with Crippen LogP contribution in [-0.2, 0) is 6.54 Å². The van der Waals surface area contributed by atoms with E-state index in [9.17, 15) is 0 Å². The van der Waals surface area contributed by atoms with Gasteiger partial charge < -0.3 is 4.42 Å². The fourth-order valence-corrected chi connectivity index (χ4v) is 3.13. The number of fused-ring (bicyclic) bond motifs is 1. The lowest BCUT2D eigenvalue weighted by atomic mass is 10.4. The Morgan fingerprint density at radius 1 is 1.09 bits per heavy atom. The highest BCUT2D eigenvalue weighted by molar-refractivity contribution is 7.99. The fraction of sp³-hybridized carbons (Fsp3) is 0.357. The third-order valence-electron chi connectivity index (χ3n) is 3.50. The van der Waals surface area contributed by atoms with Gasteiger partial charge in [-0.25, -0.2) is 9.97 Å². The van der Waals surface area contributed by atoms with E-state index in [1.54, 1.807) is 12.4 Å². The zero-order valence-corrected chi connectivity index (χ0v) is 12.7. The Morgan fingerprint density at radius 3 is 2.86 bits per heavy atom. The predicted octanol–water partition coefficient (Wildman–Crippen LogP) is 2.15. The van der Waals surface area contributed by atoms with Crippen LogP contribution >= 0.6 is 11.8 Å². The van der Waals surface area contributed by atoms with E-state index in [2.05, 4.69) is 30.0 Å². The van der Waals surface area contributed by atoms with Gasteiger partial charge in [0, 0.05) is 12.4 Å². The third-order valence-corrected chi connectivity index (χ3v) is 4.28. The Bertz CT molecular complexity index is 786. The van der Waals surface area contributed by atoms with Crippen LogP contribution in [0.4, 0.5) is 0 Å². The van der Waals surface area contributed by atoms with Gasteiger partial charge in [-0.3, -0.25) is 9.88 Å². The Hall–Kier alpha value is -2.06. The number of pyridine rings is 1. The van der Waals surface area contributed by atoms with Gasteiger partial charge >= 0.3 is 0 Å². The van der Waals surface area contributed by atoms with E-state index in [-0.39, 0.29) is 0 Å². The molecule has 0 spiro atoms. The number of aromatic nitrogens is 5. The van der Waals surface area contributed by atoms with Crippen LogP contribution < -0.4 is 0 Å². The lowest BCUT2D eigenvalue weighted by Gasteiger charge is -2.10. The van der Waals surface area contributed by atoms with Crippen molar-refractivity contribution >= 4 is 22.9 Å². The molecule has 7 nitrogen and oxygen atoms in total. The van der Waals surface area contributed by atoms with Crippen LogP contribution in [0.1, 0.15) is 18.7 Å². The average molecular weight is 314 g/mol. The Labute approximate surface area is 131 Å². The Kier molecular flexibility index (Phi) is 3.69. The summed E-state index contributed by atoms with van der Waals surface area (Å²) >= 11 is 1.34. The first-order valence-electron chi connectivity index (χ1n) is 7.17. The van der Waals surface area contributed by atoms with E-state index < -0.39 is 0 Å². The van der Waals surface area contributed by atoms with E-state index in [0.717, 1.165) is 30.2 Å². The third kappa shape index (κ3) is 2.93. The van der Waals surface area contributed by atoms with Crippen molar-refractivity contribution in [1.29, 1.82) is 0 Å².